The highest BCUT2D eigenvalue weighted by Crippen LogP contribution is 2.22. The van der Waals surface area contributed by atoms with Gasteiger partial charge in [0.25, 0.3) is 0 Å². The van der Waals surface area contributed by atoms with E-state index in [4.69, 9.17) is 4.74 Å². The molecule has 0 amide bonds. The summed E-state index contributed by atoms with van der Waals surface area (Å²) in [7, 11) is 0. The van der Waals surface area contributed by atoms with E-state index in [1.54, 1.807) is 17.4 Å². The number of hydrogen-bond donors (Lipinski definition) is 0. The second-order valence-corrected chi connectivity index (χ2v) is 5.53. The van der Waals surface area contributed by atoms with Crippen molar-refractivity contribution in [2.24, 2.45) is 0 Å². The van der Waals surface area contributed by atoms with Crippen molar-refractivity contribution >= 4 is 27.5 Å². The lowest BCUT2D eigenvalue weighted by molar-refractivity contribution is 0.0916. The van der Waals surface area contributed by atoms with E-state index in [9.17, 15) is 4.79 Å². The summed E-state index contributed by atoms with van der Waals surface area (Å²) >= 11 is 1.60. The number of benzene rings is 1. The van der Waals surface area contributed by atoms with Crippen LogP contribution in [0.15, 0.2) is 30.3 Å². The lowest BCUT2D eigenvalue weighted by Crippen LogP contribution is -2.09. The zero-order chi connectivity index (χ0) is 14.1. The molecule has 5 nitrogen and oxygen atoms in total. The molecule has 0 saturated heterocycles. The number of para-hydroxylation sites is 1. The number of ether oxygens (including phenoxy) is 1. The summed E-state index contributed by atoms with van der Waals surface area (Å²) in [6, 6.07) is 9.71. The van der Waals surface area contributed by atoms with E-state index in [1.807, 2.05) is 31.2 Å². The van der Waals surface area contributed by atoms with E-state index in [-0.39, 0.29) is 5.91 Å². The summed E-state index contributed by atoms with van der Waals surface area (Å²) < 4.78 is 8.06. The molecule has 102 valence electrons. The Labute approximate surface area is 119 Å². The molecule has 3 rings (SSSR count). The van der Waals surface area contributed by atoms with Gasteiger partial charge in [0.2, 0.25) is 11.8 Å². The molecule has 0 atom stereocenters. The normalized spacial score (nSPS) is 10.9. The molecule has 3 aromatic rings. The van der Waals surface area contributed by atoms with Crippen LogP contribution in [0.4, 0.5) is 0 Å². The number of aromatic nitrogens is 3. The minimum absolute atomic E-state index is 0.127. The maximum atomic E-state index is 11.3. The Hall–Kier alpha value is -2.21. The van der Waals surface area contributed by atoms with E-state index in [1.165, 1.54) is 11.6 Å². The van der Waals surface area contributed by atoms with Crippen molar-refractivity contribution in [2.75, 3.05) is 0 Å². The number of thiazole rings is 1. The van der Waals surface area contributed by atoms with Crippen molar-refractivity contribution in [2.45, 2.75) is 20.5 Å². The highest BCUT2D eigenvalue weighted by molar-refractivity contribution is 7.18. The van der Waals surface area contributed by atoms with Crippen LogP contribution in [0.1, 0.15) is 22.4 Å². The van der Waals surface area contributed by atoms with Crippen molar-refractivity contribution < 1.29 is 9.53 Å². The average molecular weight is 287 g/mol. The highest BCUT2D eigenvalue weighted by atomic mass is 32.1. The van der Waals surface area contributed by atoms with Gasteiger partial charge in [0.15, 0.2) is 0 Å². The maximum Gasteiger partial charge on any atom is 0.244 e. The molecule has 0 aliphatic rings. The van der Waals surface area contributed by atoms with Gasteiger partial charge in [0, 0.05) is 18.7 Å². The van der Waals surface area contributed by atoms with Gasteiger partial charge in [-0.1, -0.05) is 12.1 Å². The van der Waals surface area contributed by atoms with Gasteiger partial charge in [-0.2, -0.15) is 0 Å². The molecular weight excluding hydrogens is 274 g/mol. The molecule has 0 unspecified atom stereocenters. The summed E-state index contributed by atoms with van der Waals surface area (Å²) in [5.74, 6) is 0.314. The number of carbonyl (C=O) groups is 1. The second-order valence-electron chi connectivity index (χ2n) is 4.42. The summed E-state index contributed by atoms with van der Waals surface area (Å²) in [5.41, 5.74) is 1.73. The third-order valence-corrected chi connectivity index (χ3v) is 3.85. The van der Waals surface area contributed by atoms with Crippen molar-refractivity contribution in [3.8, 4) is 5.88 Å². The lowest BCUT2D eigenvalue weighted by atomic mass is 10.3. The van der Waals surface area contributed by atoms with Crippen LogP contribution in [0, 0.1) is 6.92 Å². The first-order chi connectivity index (χ1) is 9.63. The summed E-state index contributed by atoms with van der Waals surface area (Å²) in [4.78, 5) is 15.8. The van der Waals surface area contributed by atoms with Crippen LogP contribution in [-0.4, -0.2) is 20.7 Å². The third kappa shape index (κ3) is 2.42. The molecular formula is C14H13N3O2S. The molecule has 0 spiro atoms. The first kappa shape index (κ1) is 12.8. The maximum absolute atomic E-state index is 11.3. The molecule has 6 heteroatoms. The van der Waals surface area contributed by atoms with E-state index in [2.05, 4.69) is 10.1 Å². The predicted octanol–water partition coefficient (Wildman–Crippen LogP) is 3.04. The largest absolute Gasteiger partial charge is 0.469 e. The van der Waals surface area contributed by atoms with Crippen molar-refractivity contribution in [1.29, 1.82) is 0 Å². The number of aryl methyl sites for hydroxylation is 1. The van der Waals surface area contributed by atoms with Crippen LogP contribution in [0.5, 0.6) is 5.88 Å². The molecule has 0 bridgehead atoms. The Kier molecular flexibility index (Phi) is 3.23. The molecule has 0 N–H and O–H groups in total. The second kappa shape index (κ2) is 5.05. The monoisotopic (exact) mass is 287 g/mol. The topological polar surface area (TPSA) is 57.0 Å². The molecule has 2 aromatic heterocycles. The zero-order valence-corrected chi connectivity index (χ0v) is 12.0. The van der Waals surface area contributed by atoms with E-state index in [0.717, 1.165) is 20.9 Å². The van der Waals surface area contributed by atoms with Gasteiger partial charge in [0.1, 0.15) is 11.6 Å². The summed E-state index contributed by atoms with van der Waals surface area (Å²) in [5, 5.41) is 4.99. The lowest BCUT2D eigenvalue weighted by Gasteiger charge is -1.98. The van der Waals surface area contributed by atoms with Gasteiger partial charge < -0.3 is 4.74 Å². The highest BCUT2D eigenvalue weighted by Gasteiger charge is 2.10. The fourth-order valence-corrected chi connectivity index (χ4v) is 2.83. The zero-order valence-electron chi connectivity index (χ0n) is 11.2. The van der Waals surface area contributed by atoms with Crippen LogP contribution >= 0.6 is 11.3 Å². The Balaban J connectivity index is 1.76. The predicted molar refractivity (Wildman–Crippen MR) is 77.2 cm³/mol. The Bertz CT molecular complexity index is 743. The molecule has 0 fully saturated rings. The number of nitrogens with zero attached hydrogens (tertiary/aromatic N) is 3. The molecule has 2 heterocycles. The number of fused-ring (bicyclic) bond motifs is 1. The number of hydrogen-bond acceptors (Lipinski definition) is 5. The fourth-order valence-electron chi connectivity index (χ4n) is 1.95. The number of rotatable bonds is 3. The van der Waals surface area contributed by atoms with Crippen molar-refractivity contribution in [3.63, 3.8) is 0 Å². The molecule has 0 saturated carbocycles. The smallest absolute Gasteiger partial charge is 0.244 e. The Morgan fingerprint density at radius 1 is 1.40 bits per heavy atom. The summed E-state index contributed by atoms with van der Waals surface area (Å²) in [6.07, 6.45) is 0. The van der Waals surface area contributed by atoms with Crippen molar-refractivity contribution in [1.82, 2.24) is 14.8 Å². The minimum Gasteiger partial charge on any atom is -0.469 e. The van der Waals surface area contributed by atoms with Crippen molar-refractivity contribution in [3.05, 3.63) is 41.0 Å². The van der Waals surface area contributed by atoms with E-state index in [0.29, 0.717) is 12.5 Å². The van der Waals surface area contributed by atoms with Gasteiger partial charge in [-0.3, -0.25) is 4.79 Å². The van der Waals surface area contributed by atoms with Crippen LogP contribution in [0.3, 0.4) is 0 Å². The molecule has 20 heavy (non-hydrogen) atoms. The van der Waals surface area contributed by atoms with Gasteiger partial charge in [-0.15, -0.1) is 16.4 Å². The van der Waals surface area contributed by atoms with Crippen LogP contribution in [-0.2, 0) is 6.61 Å². The van der Waals surface area contributed by atoms with E-state index >= 15 is 0 Å². The minimum atomic E-state index is -0.127. The quantitative estimate of drug-likeness (QED) is 0.743. The van der Waals surface area contributed by atoms with Crippen LogP contribution in [0.25, 0.3) is 10.2 Å². The van der Waals surface area contributed by atoms with Gasteiger partial charge >= 0.3 is 0 Å². The summed E-state index contributed by atoms with van der Waals surface area (Å²) in [6.45, 7) is 3.64. The van der Waals surface area contributed by atoms with Crippen LogP contribution in [0.2, 0.25) is 0 Å². The number of carbonyl (C=O) groups excluding carboxylic acids is 1. The van der Waals surface area contributed by atoms with Gasteiger partial charge in [-0.25, -0.2) is 9.67 Å². The molecule has 0 aliphatic heterocycles. The standard InChI is InChI=1S/C14H13N3O2S/c1-9-7-13(16-17(9)10(2)18)19-8-14-15-11-5-3-4-6-12(11)20-14/h3-7H,8H2,1-2H3. The first-order valence-electron chi connectivity index (χ1n) is 6.18. The average Bonchev–Trinajstić information content (AvgIpc) is 2.99. The van der Waals surface area contributed by atoms with Gasteiger partial charge in [-0.05, 0) is 19.1 Å². The van der Waals surface area contributed by atoms with Crippen LogP contribution < -0.4 is 4.74 Å². The SMILES string of the molecule is CC(=O)n1nc(OCc2nc3ccccc3s2)cc1C. The van der Waals surface area contributed by atoms with Gasteiger partial charge in [0.05, 0.1) is 10.2 Å². The molecule has 0 aliphatic carbocycles. The first-order valence-corrected chi connectivity index (χ1v) is 7.00. The third-order valence-electron chi connectivity index (χ3n) is 2.84. The van der Waals surface area contributed by atoms with E-state index < -0.39 is 0 Å². The fraction of sp³-hybridized carbons (Fsp3) is 0.214. The Morgan fingerprint density at radius 3 is 2.90 bits per heavy atom. The molecule has 0 radical (unpaired) electrons. The molecule has 1 aromatic carbocycles. The Morgan fingerprint density at radius 2 is 2.20 bits per heavy atom.